The maximum absolute atomic E-state index is 5.70. The predicted octanol–water partition coefficient (Wildman–Crippen LogP) is 7.07. The molecular formula is C44H52N10O2. The fourth-order valence-electron chi connectivity index (χ4n) is 11.1. The van der Waals surface area contributed by atoms with Crippen LogP contribution in [0.3, 0.4) is 0 Å². The zero-order chi connectivity index (χ0) is 37.9. The van der Waals surface area contributed by atoms with Crippen molar-refractivity contribution in [1.29, 1.82) is 0 Å². The van der Waals surface area contributed by atoms with E-state index in [2.05, 4.69) is 81.8 Å². The summed E-state index contributed by atoms with van der Waals surface area (Å²) >= 11 is 0. The summed E-state index contributed by atoms with van der Waals surface area (Å²) in [4.78, 5) is 14.9. The van der Waals surface area contributed by atoms with Gasteiger partial charge < -0.3 is 9.47 Å². The number of ether oxygens (including phenoxy) is 2. The molecule has 6 fully saturated rings. The zero-order valence-electron chi connectivity index (χ0n) is 32.9. The van der Waals surface area contributed by atoms with Crippen molar-refractivity contribution in [1.82, 2.24) is 49.8 Å². The topological polar surface area (TPSA) is 112 Å². The molecule has 12 heteroatoms. The van der Waals surface area contributed by atoms with Gasteiger partial charge in [-0.05, 0) is 122 Å². The minimum atomic E-state index is -0.0625. The van der Waals surface area contributed by atoms with E-state index in [9.17, 15) is 0 Å². The molecule has 0 saturated carbocycles. The molecule has 0 N–H and O–H groups in total. The Morgan fingerprint density at radius 1 is 0.643 bits per heavy atom. The molecule has 56 heavy (non-hydrogen) atoms. The molecule has 4 bridgehead atoms. The van der Waals surface area contributed by atoms with Crippen molar-refractivity contribution in [2.75, 3.05) is 40.4 Å². The minimum absolute atomic E-state index is 0.0625. The third kappa shape index (κ3) is 6.03. The summed E-state index contributed by atoms with van der Waals surface area (Å²) in [6, 6.07) is 17.1. The predicted molar refractivity (Wildman–Crippen MR) is 216 cm³/mol. The van der Waals surface area contributed by atoms with Crippen LogP contribution in [-0.2, 0) is 0 Å². The number of pyridine rings is 2. The van der Waals surface area contributed by atoms with Crippen molar-refractivity contribution < 1.29 is 9.47 Å². The van der Waals surface area contributed by atoms with Gasteiger partial charge in [0.25, 0.3) is 0 Å². The molecule has 0 spiro atoms. The van der Waals surface area contributed by atoms with Crippen LogP contribution in [0.2, 0.25) is 0 Å². The number of fused-ring (bicyclic) bond motifs is 8. The van der Waals surface area contributed by atoms with Gasteiger partial charge in [0.05, 0.1) is 49.7 Å². The van der Waals surface area contributed by atoms with Crippen molar-refractivity contribution in [2.45, 2.75) is 76.5 Å². The van der Waals surface area contributed by atoms with Gasteiger partial charge >= 0.3 is 0 Å². The van der Waals surface area contributed by atoms with Crippen molar-refractivity contribution in [3.63, 3.8) is 0 Å². The summed E-state index contributed by atoms with van der Waals surface area (Å²) in [5.74, 6) is 4.55. The first-order valence-electron chi connectivity index (χ1n) is 20.7. The van der Waals surface area contributed by atoms with Gasteiger partial charge in [0.2, 0.25) is 0 Å². The average Bonchev–Trinajstić information content (AvgIpc) is 3.95. The van der Waals surface area contributed by atoms with Crippen LogP contribution < -0.4 is 9.47 Å². The van der Waals surface area contributed by atoms with Gasteiger partial charge in [0.15, 0.2) is 0 Å². The van der Waals surface area contributed by atoms with Gasteiger partial charge in [-0.15, -0.1) is 10.2 Å². The summed E-state index contributed by atoms with van der Waals surface area (Å²) < 4.78 is 15.6. The lowest BCUT2D eigenvalue weighted by Crippen LogP contribution is -2.56. The molecule has 6 aromatic rings. The maximum atomic E-state index is 5.70. The SMILES string of the molecule is CCC1CN2CCC1CC2[C@H](c1ccnc2ccc(OC)cc12)n1cc(-c2cn([C@@H](c3ccnc4ccc(OC)cc34)C3CC4CCN3CC4CC)nn2)nn1. The normalized spacial score (nSPS) is 28.1. The fourth-order valence-corrected chi connectivity index (χ4v) is 11.1. The van der Waals surface area contributed by atoms with E-state index in [4.69, 9.17) is 40.1 Å². The van der Waals surface area contributed by atoms with E-state index in [1.807, 2.05) is 24.5 Å². The Morgan fingerprint density at radius 3 is 1.50 bits per heavy atom. The Kier molecular flexibility index (Phi) is 9.20. The molecule has 4 aromatic heterocycles. The average molecular weight is 753 g/mol. The first-order valence-corrected chi connectivity index (χ1v) is 20.7. The number of nitrogens with zero attached hydrogens (tertiary/aromatic N) is 10. The number of benzene rings is 2. The maximum Gasteiger partial charge on any atom is 0.134 e. The van der Waals surface area contributed by atoms with Gasteiger partial charge in [0, 0.05) is 48.3 Å². The summed E-state index contributed by atoms with van der Waals surface area (Å²) in [5, 5.41) is 21.6. The highest BCUT2D eigenvalue weighted by Gasteiger charge is 2.46. The van der Waals surface area contributed by atoms with E-state index in [0.29, 0.717) is 11.8 Å². The van der Waals surface area contributed by atoms with Crippen molar-refractivity contribution in [2.24, 2.45) is 23.7 Å². The smallest absolute Gasteiger partial charge is 0.134 e. The number of methoxy groups -OCH3 is 2. The molecule has 290 valence electrons. The number of hydrogen-bond donors (Lipinski definition) is 0. The van der Waals surface area contributed by atoms with E-state index in [0.717, 1.165) is 95.5 Å². The van der Waals surface area contributed by atoms with E-state index in [1.54, 1.807) is 14.2 Å². The van der Waals surface area contributed by atoms with Crippen LogP contribution in [0.1, 0.15) is 75.6 Å². The number of rotatable bonds is 11. The van der Waals surface area contributed by atoms with Crippen LogP contribution in [-0.4, -0.2) is 102 Å². The Labute approximate surface area is 328 Å². The first kappa shape index (κ1) is 35.5. The van der Waals surface area contributed by atoms with Gasteiger partial charge in [-0.1, -0.05) is 37.1 Å². The Bertz CT molecular complexity index is 2190. The van der Waals surface area contributed by atoms with E-state index in [1.165, 1.54) is 36.8 Å². The van der Waals surface area contributed by atoms with Crippen LogP contribution in [0, 0.1) is 23.7 Å². The second-order valence-corrected chi connectivity index (χ2v) is 16.7. The highest BCUT2D eigenvalue weighted by molar-refractivity contribution is 5.85. The molecule has 0 aliphatic carbocycles. The van der Waals surface area contributed by atoms with Crippen molar-refractivity contribution >= 4 is 21.8 Å². The number of hydrogen-bond acceptors (Lipinski definition) is 10. The molecule has 12 nitrogen and oxygen atoms in total. The van der Waals surface area contributed by atoms with Gasteiger partial charge in [-0.2, -0.15) is 0 Å². The summed E-state index contributed by atoms with van der Waals surface area (Å²) in [7, 11) is 3.44. The fraction of sp³-hybridized carbons (Fsp3) is 0.500. The molecule has 0 radical (unpaired) electrons. The molecule has 10 atom stereocenters. The molecule has 0 amide bonds. The van der Waals surface area contributed by atoms with Crippen LogP contribution in [0.25, 0.3) is 33.2 Å². The molecule has 6 aliphatic heterocycles. The Balaban J connectivity index is 1.05. The summed E-state index contributed by atoms with van der Waals surface area (Å²) in [5.41, 5.74) is 5.71. The molecular weight excluding hydrogens is 701 g/mol. The summed E-state index contributed by atoms with van der Waals surface area (Å²) in [6.45, 7) is 9.16. The Morgan fingerprint density at radius 2 is 1.11 bits per heavy atom. The molecule has 8 unspecified atom stereocenters. The summed E-state index contributed by atoms with van der Waals surface area (Å²) in [6.07, 6.45) is 15.3. The second-order valence-electron chi connectivity index (χ2n) is 16.7. The molecule has 6 aliphatic rings. The monoisotopic (exact) mass is 752 g/mol. The van der Waals surface area contributed by atoms with Crippen LogP contribution in [0.15, 0.2) is 73.3 Å². The van der Waals surface area contributed by atoms with Gasteiger partial charge in [-0.25, -0.2) is 9.36 Å². The van der Waals surface area contributed by atoms with Crippen LogP contribution in [0.5, 0.6) is 11.5 Å². The largest absolute Gasteiger partial charge is 0.497 e. The lowest BCUT2D eigenvalue weighted by molar-refractivity contribution is -0.0172. The molecule has 12 rings (SSSR count). The highest BCUT2D eigenvalue weighted by Crippen LogP contribution is 2.46. The van der Waals surface area contributed by atoms with E-state index >= 15 is 0 Å². The Hall–Kier alpha value is -4.94. The van der Waals surface area contributed by atoms with Crippen molar-refractivity contribution in [3.05, 3.63) is 84.4 Å². The quantitative estimate of drug-likeness (QED) is 0.136. The molecule has 6 saturated heterocycles. The van der Waals surface area contributed by atoms with E-state index < -0.39 is 0 Å². The standard InChI is InChI=1S/C44H52N10O2/c1-5-27-23-51-17-13-29(27)19-41(51)43(33-11-15-45-37-9-7-31(55-3)21-35(33)37)53-25-39(47-49-53)40-26-54(50-48-40)44(42-20-30-14-18-52(42)24-28(30)6-2)34-12-16-46-38-10-8-32(56-4)22-36(34)38/h7-12,15-16,21-22,25-30,41-44H,5-6,13-14,17-20,23-24H2,1-4H3/t27?,28?,29?,30?,41?,42?,43-,44-/m0/s1. The zero-order valence-corrected chi connectivity index (χ0v) is 32.9. The molecule has 10 heterocycles. The lowest BCUT2D eigenvalue weighted by atomic mass is 9.72. The number of aromatic nitrogens is 8. The van der Waals surface area contributed by atoms with Crippen molar-refractivity contribution in [3.8, 4) is 22.9 Å². The second kappa shape index (κ2) is 14.5. The van der Waals surface area contributed by atoms with Crippen LogP contribution in [0.4, 0.5) is 0 Å². The van der Waals surface area contributed by atoms with Gasteiger partial charge in [-0.3, -0.25) is 19.8 Å². The molecule has 2 aromatic carbocycles. The first-order chi connectivity index (χ1) is 27.5. The minimum Gasteiger partial charge on any atom is -0.497 e. The van der Waals surface area contributed by atoms with Crippen LogP contribution >= 0.6 is 0 Å². The van der Waals surface area contributed by atoms with Gasteiger partial charge in [0.1, 0.15) is 22.9 Å². The highest BCUT2D eigenvalue weighted by atomic mass is 16.5. The third-order valence-corrected chi connectivity index (χ3v) is 14.1. The lowest BCUT2D eigenvalue weighted by Gasteiger charge is -2.52. The van der Waals surface area contributed by atoms with E-state index in [-0.39, 0.29) is 24.2 Å². The third-order valence-electron chi connectivity index (χ3n) is 14.1. The number of piperidine rings is 6.